The quantitative estimate of drug-likeness (QED) is 0.767. The molecule has 0 aliphatic heterocycles. The number of carbonyl (C=O) groups excluding carboxylic acids is 1. The number of hydrogen-bond acceptors (Lipinski definition) is 2. The number of aldehydes is 1. The van der Waals surface area contributed by atoms with E-state index in [0.29, 0.717) is 13.0 Å². The summed E-state index contributed by atoms with van der Waals surface area (Å²) in [5, 5.41) is 0.719. The molecule has 0 radical (unpaired) electrons. The number of rotatable bonds is 5. The van der Waals surface area contributed by atoms with E-state index in [1.54, 1.807) is 0 Å². The zero-order valence-electron chi connectivity index (χ0n) is 9.80. The molecule has 3 heteroatoms. The van der Waals surface area contributed by atoms with Crippen LogP contribution in [0.5, 0.6) is 5.75 Å². The van der Waals surface area contributed by atoms with Gasteiger partial charge in [0.1, 0.15) is 18.6 Å². The second kappa shape index (κ2) is 6.22. The van der Waals surface area contributed by atoms with Gasteiger partial charge in [-0.05, 0) is 35.4 Å². The van der Waals surface area contributed by atoms with Crippen LogP contribution in [-0.2, 0) is 17.8 Å². The van der Waals surface area contributed by atoms with Crippen LogP contribution in [-0.4, -0.2) is 6.29 Å². The summed E-state index contributed by atoms with van der Waals surface area (Å²) in [6.07, 6.45) is 1.33. The maximum Gasteiger partial charge on any atom is 0.124 e. The lowest BCUT2D eigenvalue weighted by Crippen LogP contribution is -1.95. The number of halogens is 1. The van der Waals surface area contributed by atoms with Crippen molar-refractivity contribution in [2.24, 2.45) is 0 Å². The molecule has 0 fully saturated rings. The van der Waals surface area contributed by atoms with E-state index in [2.05, 4.69) is 0 Å². The third-order valence-corrected chi connectivity index (χ3v) is 2.81. The van der Waals surface area contributed by atoms with Crippen LogP contribution in [0, 0.1) is 0 Å². The second-order valence-electron chi connectivity index (χ2n) is 3.93. The van der Waals surface area contributed by atoms with Gasteiger partial charge in [-0.2, -0.15) is 0 Å². The van der Waals surface area contributed by atoms with E-state index in [0.717, 1.165) is 28.2 Å². The minimum absolute atomic E-state index is 0.442. The fourth-order valence-electron chi connectivity index (χ4n) is 1.57. The minimum Gasteiger partial charge on any atom is -0.489 e. The average Bonchev–Trinajstić information content (AvgIpc) is 2.40. The molecule has 0 amide bonds. The molecular formula is C15H13ClO2. The highest BCUT2D eigenvalue weighted by molar-refractivity contribution is 6.30. The molecule has 18 heavy (non-hydrogen) atoms. The first kappa shape index (κ1) is 12.7. The van der Waals surface area contributed by atoms with Crippen molar-refractivity contribution in [2.75, 3.05) is 0 Å². The third kappa shape index (κ3) is 3.60. The summed E-state index contributed by atoms with van der Waals surface area (Å²) in [5.41, 5.74) is 2.06. The van der Waals surface area contributed by atoms with Gasteiger partial charge in [0.05, 0.1) is 0 Å². The molecule has 0 atom stereocenters. The van der Waals surface area contributed by atoms with Gasteiger partial charge in [0, 0.05) is 11.4 Å². The first-order valence-corrected chi connectivity index (χ1v) is 6.05. The first-order chi connectivity index (χ1) is 8.78. The van der Waals surface area contributed by atoms with Gasteiger partial charge >= 0.3 is 0 Å². The Labute approximate surface area is 111 Å². The van der Waals surface area contributed by atoms with E-state index in [9.17, 15) is 4.79 Å². The molecule has 0 aromatic heterocycles. The predicted octanol–water partition coefficient (Wildman–Crippen LogP) is 3.66. The van der Waals surface area contributed by atoms with Gasteiger partial charge in [-0.1, -0.05) is 35.9 Å². The number of ether oxygens (including phenoxy) is 1. The van der Waals surface area contributed by atoms with Gasteiger partial charge in [0.15, 0.2) is 0 Å². The van der Waals surface area contributed by atoms with E-state index in [4.69, 9.17) is 16.3 Å². The Morgan fingerprint density at radius 3 is 2.17 bits per heavy atom. The van der Waals surface area contributed by atoms with Crippen LogP contribution in [0.3, 0.4) is 0 Å². The van der Waals surface area contributed by atoms with Crippen molar-refractivity contribution in [1.82, 2.24) is 0 Å². The molecule has 0 N–H and O–H groups in total. The Kier molecular flexibility index (Phi) is 4.37. The number of benzene rings is 2. The van der Waals surface area contributed by atoms with Crippen molar-refractivity contribution in [1.29, 1.82) is 0 Å². The van der Waals surface area contributed by atoms with Crippen LogP contribution < -0.4 is 4.74 Å². The van der Waals surface area contributed by atoms with Crippen molar-refractivity contribution >= 4 is 17.9 Å². The van der Waals surface area contributed by atoms with Crippen molar-refractivity contribution in [3.63, 3.8) is 0 Å². The monoisotopic (exact) mass is 260 g/mol. The van der Waals surface area contributed by atoms with Crippen LogP contribution >= 0.6 is 11.6 Å². The van der Waals surface area contributed by atoms with E-state index in [1.165, 1.54) is 0 Å². The molecule has 2 aromatic carbocycles. The maximum atomic E-state index is 10.4. The van der Waals surface area contributed by atoms with E-state index >= 15 is 0 Å². The van der Waals surface area contributed by atoms with Crippen molar-refractivity contribution in [2.45, 2.75) is 13.0 Å². The topological polar surface area (TPSA) is 26.3 Å². The molecule has 0 saturated carbocycles. The van der Waals surface area contributed by atoms with Gasteiger partial charge in [-0.15, -0.1) is 0 Å². The van der Waals surface area contributed by atoms with Crippen molar-refractivity contribution in [3.05, 3.63) is 64.7 Å². The van der Waals surface area contributed by atoms with Crippen LogP contribution in [0.25, 0.3) is 0 Å². The molecule has 92 valence electrons. The molecule has 0 saturated heterocycles. The van der Waals surface area contributed by atoms with Gasteiger partial charge in [-0.25, -0.2) is 0 Å². The summed E-state index contributed by atoms with van der Waals surface area (Å²) in [4.78, 5) is 10.4. The van der Waals surface area contributed by atoms with E-state index < -0.39 is 0 Å². The van der Waals surface area contributed by atoms with Crippen molar-refractivity contribution in [3.8, 4) is 5.75 Å². The normalized spacial score (nSPS) is 10.1. The summed E-state index contributed by atoms with van der Waals surface area (Å²) < 4.78 is 5.63. The van der Waals surface area contributed by atoms with Crippen LogP contribution in [0.2, 0.25) is 5.02 Å². The zero-order chi connectivity index (χ0) is 12.8. The maximum absolute atomic E-state index is 10.4. The molecule has 0 aliphatic rings. The largest absolute Gasteiger partial charge is 0.489 e. The highest BCUT2D eigenvalue weighted by atomic mass is 35.5. The van der Waals surface area contributed by atoms with Gasteiger partial charge in [0.25, 0.3) is 0 Å². The molecule has 2 aromatic rings. The molecule has 2 nitrogen and oxygen atoms in total. The fourth-order valence-corrected chi connectivity index (χ4v) is 1.69. The van der Waals surface area contributed by atoms with Crippen molar-refractivity contribution < 1.29 is 9.53 Å². The Morgan fingerprint density at radius 2 is 1.56 bits per heavy atom. The first-order valence-electron chi connectivity index (χ1n) is 5.68. The van der Waals surface area contributed by atoms with Crippen LogP contribution in [0.1, 0.15) is 11.1 Å². The van der Waals surface area contributed by atoms with E-state index in [-0.39, 0.29) is 0 Å². The number of carbonyl (C=O) groups is 1. The van der Waals surface area contributed by atoms with Crippen LogP contribution in [0.4, 0.5) is 0 Å². The molecule has 0 unspecified atom stereocenters. The summed E-state index contributed by atoms with van der Waals surface area (Å²) >= 11 is 5.81. The highest BCUT2D eigenvalue weighted by Crippen LogP contribution is 2.15. The lowest BCUT2D eigenvalue weighted by molar-refractivity contribution is -0.107. The SMILES string of the molecule is O=CCc1ccc(OCc2ccc(Cl)cc2)cc1. The molecule has 0 heterocycles. The van der Waals surface area contributed by atoms with Gasteiger partial charge < -0.3 is 9.53 Å². The minimum atomic E-state index is 0.442. The average molecular weight is 261 g/mol. The Bertz CT molecular complexity index is 503. The zero-order valence-corrected chi connectivity index (χ0v) is 10.6. The molecule has 0 spiro atoms. The summed E-state index contributed by atoms with van der Waals surface area (Å²) in [5.74, 6) is 0.791. The molecule has 0 bridgehead atoms. The molecule has 2 rings (SSSR count). The second-order valence-corrected chi connectivity index (χ2v) is 4.37. The van der Waals surface area contributed by atoms with Gasteiger partial charge in [0.2, 0.25) is 0 Å². The number of hydrogen-bond donors (Lipinski definition) is 0. The van der Waals surface area contributed by atoms with Gasteiger partial charge in [-0.3, -0.25) is 0 Å². The summed E-state index contributed by atoms with van der Waals surface area (Å²) in [7, 11) is 0. The smallest absolute Gasteiger partial charge is 0.124 e. The van der Waals surface area contributed by atoms with Crippen LogP contribution in [0.15, 0.2) is 48.5 Å². The fraction of sp³-hybridized carbons (Fsp3) is 0.133. The lowest BCUT2D eigenvalue weighted by Gasteiger charge is -2.06. The lowest BCUT2D eigenvalue weighted by atomic mass is 10.2. The summed E-state index contributed by atoms with van der Waals surface area (Å²) in [6.45, 7) is 0.504. The third-order valence-electron chi connectivity index (χ3n) is 2.56. The predicted molar refractivity (Wildman–Crippen MR) is 72.0 cm³/mol. The molecular weight excluding hydrogens is 248 g/mol. The Balaban J connectivity index is 1.93. The highest BCUT2D eigenvalue weighted by Gasteiger charge is 1.97. The van der Waals surface area contributed by atoms with E-state index in [1.807, 2.05) is 48.5 Å². The summed E-state index contributed by atoms with van der Waals surface area (Å²) in [6, 6.07) is 15.1. The Hall–Kier alpha value is -1.80. The standard InChI is InChI=1S/C15H13ClO2/c16-14-5-1-13(2-6-14)11-18-15-7-3-12(4-8-15)9-10-17/h1-8,10H,9,11H2. The Morgan fingerprint density at radius 1 is 0.944 bits per heavy atom. The molecule has 0 aliphatic carbocycles.